The van der Waals surface area contributed by atoms with Crippen LogP contribution in [-0.4, -0.2) is 36.3 Å². The first-order valence-electron chi connectivity index (χ1n) is 9.52. The van der Waals surface area contributed by atoms with Crippen LogP contribution in [0.15, 0.2) is 30.3 Å². The second-order valence-corrected chi connectivity index (χ2v) is 8.33. The number of piperidine rings is 1. The Kier molecular flexibility index (Phi) is 5.60. The molecule has 0 spiro atoms. The highest BCUT2D eigenvalue weighted by atomic mass is 35.5. The largest absolute Gasteiger partial charge is 0.490 e. The van der Waals surface area contributed by atoms with Crippen LogP contribution >= 0.6 is 23.2 Å². The molecule has 0 aliphatic carbocycles. The summed E-state index contributed by atoms with van der Waals surface area (Å²) < 4.78 is 19.9. The lowest BCUT2D eigenvalue weighted by Crippen LogP contribution is -2.48. The van der Waals surface area contributed by atoms with Gasteiger partial charge in [0.05, 0.1) is 21.4 Å². The van der Waals surface area contributed by atoms with E-state index in [9.17, 15) is 14.3 Å². The van der Waals surface area contributed by atoms with Crippen molar-refractivity contribution in [2.45, 2.75) is 31.3 Å². The smallest absolute Gasteiger partial charge is 0.224 e. The number of nitrogens with one attached hydrogen (secondary N) is 1. The third kappa shape index (κ3) is 4.15. The highest BCUT2D eigenvalue weighted by Gasteiger charge is 2.35. The zero-order valence-corrected chi connectivity index (χ0v) is 17.2. The molecular weight excluding hydrogens is 418 g/mol. The van der Waals surface area contributed by atoms with Gasteiger partial charge in [0.1, 0.15) is 23.8 Å². The SMILES string of the molecule is O=C1CCc2c(OCC3(O)CCN(c4c(Cl)cccc4Cl)CC3)ccc(F)c2N1. The number of nitrogens with zero attached hydrogens (tertiary/aromatic N) is 1. The second-order valence-electron chi connectivity index (χ2n) is 7.52. The number of ether oxygens (including phenoxy) is 1. The molecule has 8 heteroatoms. The molecule has 0 unspecified atom stereocenters. The van der Waals surface area contributed by atoms with Crippen molar-refractivity contribution in [1.82, 2.24) is 0 Å². The summed E-state index contributed by atoms with van der Waals surface area (Å²) in [6.07, 6.45) is 1.65. The summed E-state index contributed by atoms with van der Waals surface area (Å²) in [7, 11) is 0. The van der Waals surface area contributed by atoms with Crippen molar-refractivity contribution in [3.05, 3.63) is 51.8 Å². The van der Waals surface area contributed by atoms with Gasteiger partial charge in [-0.25, -0.2) is 4.39 Å². The summed E-state index contributed by atoms with van der Waals surface area (Å²) in [6.45, 7) is 1.25. The Labute approximate surface area is 178 Å². The number of amides is 1. The molecule has 2 aromatic rings. The van der Waals surface area contributed by atoms with Gasteiger partial charge in [-0.05, 0) is 43.5 Å². The van der Waals surface area contributed by atoms with E-state index in [1.165, 1.54) is 6.07 Å². The van der Waals surface area contributed by atoms with Crippen LogP contribution in [0.25, 0.3) is 0 Å². The van der Waals surface area contributed by atoms with E-state index < -0.39 is 11.4 Å². The van der Waals surface area contributed by atoms with E-state index in [0.29, 0.717) is 53.7 Å². The molecule has 0 saturated carbocycles. The molecule has 154 valence electrons. The fraction of sp³-hybridized carbons (Fsp3) is 0.381. The van der Waals surface area contributed by atoms with Crippen LogP contribution in [0.3, 0.4) is 0 Å². The fourth-order valence-corrected chi connectivity index (χ4v) is 4.49. The lowest BCUT2D eigenvalue weighted by atomic mass is 9.92. The van der Waals surface area contributed by atoms with Crippen molar-refractivity contribution < 1.29 is 19.0 Å². The van der Waals surface area contributed by atoms with Gasteiger partial charge < -0.3 is 20.1 Å². The number of aliphatic hydroxyl groups is 1. The van der Waals surface area contributed by atoms with Gasteiger partial charge in [-0.1, -0.05) is 29.3 Å². The number of benzene rings is 2. The number of hydrogen-bond donors (Lipinski definition) is 2. The number of fused-ring (bicyclic) bond motifs is 1. The first kappa shape index (κ1) is 20.3. The van der Waals surface area contributed by atoms with E-state index in [2.05, 4.69) is 10.2 Å². The van der Waals surface area contributed by atoms with Crippen LogP contribution in [0.1, 0.15) is 24.8 Å². The molecule has 1 saturated heterocycles. The highest BCUT2D eigenvalue weighted by Crippen LogP contribution is 2.38. The first-order chi connectivity index (χ1) is 13.9. The van der Waals surface area contributed by atoms with E-state index in [1.807, 2.05) is 0 Å². The topological polar surface area (TPSA) is 61.8 Å². The number of halogens is 3. The van der Waals surface area contributed by atoms with Gasteiger partial charge >= 0.3 is 0 Å². The second kappa shape index (κ2) is 8.01. The van der Waals surface area contributed by atoms with E-state index >= 15 is 0 Å². The van der Waals surface area contributed by atoms with Crippen LogP contribution in [-0.2, 0) is 11.2 Å². The van der Waals surface area contributed by atoms with Gasteiger partial charge in [0, 0.05) is 25.1 Å². The molecule has 29 heavy (non-hydrogen) atoms. The molecule has 0 bridgehead atoms. The summed E-state index contributed by atoms with van der Waals surface area (Å²) in [5.74, 6) is -0.201. The predicted molar refractivity (Wildman–Crippen MR) is 112 cm³/mol. The molecule has 2 aliphatic heterocycles. The van der Waals surface area contributed by atoms with Crippen molar-refractivity contribution in [3.8, 4) is 5.75 Å². The van der Waals surface area contributed by atoms with Crippen LogP contribution in [0.5, 0.6) is 5.75 Å². The van der Waals surface area contributed by atoms with Gasteiger partial charge in [-0.3, -0.25) is 4.79 Å². The van der Waals surface area contributed by atoms with Gasteiger partial charge in [-0.2, -0.15) is 0 Å². The maximum absolute atomic E-state index is 14.0. The quantitative estimate of drug-likeness (QED) is 0.740. The number of anilines is 2. The van der Waals surface area contributed by atoms with Crippen LogP contribution < -0.4 is 15.0 Å². The van der Waals surface area contributed by atoms with Crippen LogP contribution in [0.4, 0.5) is 15.8 Å². The summed E-state index contributed by atoms with van der Waals surface area (Å²) in [5, 5.41) is 14.7. The monoisotopic (exact) mass is 438 g/mol. The third-order valence-corrected chi connectivity index (χ3v) is 6.14. The summed E-state index contributed by atoms with van der Waals surface area (Å²) in [4.78, 5) is 13.6. The Bertz CT molecular complexity index is 926. The molecule has 2 aromatic carbocycles. The van der Waals surface area contributed by atoms with Crippen molar-refractivity contribution in [2.24, 2.45) is 0 Å². The fourth-order valence-electron chi connectivity index (χ4n) is 3.85. The average Bonchev–Trinajstić information content (AvgIpc) is 2.69. The van der Waals surface area contributed by atoms with Crippen LogP contribution in [0, 0.1) is 5.82 Å². The molecule has 2 N–H and O–H groups in total. The molecule has 0 radical (unpaired) electrons. The minimum absolute atomic E-state index is 0.0864. The third-order valence-electron chi connectivity index (χ3n) is 5.53. The van der Waals surface area contributed by atoms with Gasteiger partial charge in [0.2, 0.25) is 5.91 Å². The highest BCUT2D eigenvalue weighted by molar-refractivity contribution is 6.39. The number of para-hydroxylation sites is 1. The summed E-state index contributed by atoms with van der Waals surface area (Å²) in [6, 6.07) is 8.21. The minimum Gasteiger partial charge on any atom is -0.490 e. The Morgan fingerprint density at radius 2 is 1.83 bits per heavy atom. The molecule has 4 rings (SSSR count). The molecule has 0 aromatic heterocycles. The normalized spacial score (nSPS) is 18.2. The molecule has 0 atom stereocenters. The van der Waals surface area contributed by atoms with Crippen molar-refractivity contribution >= 4 is 40.5 Å². The maximum Gasteiger partial charge on any atom is 0.224 e. The molecule has 1 fully saturated rings. The van der Waals surface area contributed by atoms with Gasteiger partial charge in [0.25, 0.3) is 0 Å². The van der Waals surface area contributed by atoms with Crippen molar-refractivity contribution in [1.29, 1.82) is 0 Å². The molecule has 5 nitrogen and oxygen atoms in total. The molecule has 2 heterocycles. The van der Waals surface area contributed by atoms with Gasteiger partial charge in [-0.15, -0.1) is 0 Å². The number of carbonyl (C=O) groups excluding carboxylic acids is 1. The van der Waals surface area contributed by atoms with Crippen molar-refractivity contribution in [3.63, 3.8) is 0 Å². The first-order valence-corrected chi connectivity index (χ1v) is 10.3. The maximum atomic E-state index is 14.0. The lowest BCUT2D eigenvalue weighted by Gasteiger charge is -2.39. The van der Waals surface area contributed by atoms with E-state index in [-0.39, 0.29) is 24.6 Å². The Hall–Kier alpha value is -2.02. The number of carbonyl (C=O) groups is 1. The van der Waals surface area contributed by atoms with E-state index in [4.69, 9.17) is 27.9 Å². The average molecular weight is 439 g/mol. The number of rotatable bonds is 4. The Balaban J connectivity index is 1.43. The summed E-state index contributed by atoms with van der Waals surface area (Å²) in [5.41, 5.74) is 0.577. The molecule has 1 amide bonds. The van der Waals surface area contributed by atoms with Crippen LogP contribution in [0.2, 0.25) is 10.0 Å². The minimum atomic E-state index is -1.01. The Morgan fingerprint density at radius 1 is 1.14 bits per heavy atom. The van der Waals surface area contributed by atoms with E-state index in [0.717, 1.165) is 5.69 Å². The standard InChI is InChI=1S/C21H21Cl2FN2O3/c22-14-2-1-3-15(23)20(14)26-10-8-21(28,9-11-26)12-29-17-6-5-16(24)19-13(17)4-7-18(27)25-19/h1-3,5-6,28H,4,7-12H2,(H,25,27). The lowest BCUT2D eigenvalue weighted by molar-refractivity contribution is -0.116. The summed E-state index contributed by atoms with van der Waals surface area (Å²) >= 11 is 12.6. The number of hydrogen-bond acceptors (Lipinski definition) is 4. The zero-order chi connectivity index (χ0) is 20.6. The van der Waals surface area contributed by atoms with E-state index in [1.54, 1.807) is 24.3 Å². The Morgan fingerprint density at radius 3 is 2.52 bits per heavy atom. The molecular formula is C21H21Cl2FN2O3. The van der Waals surface area contributed by atoms with Crippen molar-refractivity contribution in [2.75, 3.05) is 29.9 Å². The van der Waals surface area contributed by atoms with Gasteiger partial charge in [0.15, 0.2) is 0 Å². The zero-order valence-electron chi connectivity index (χ0n) is 15.7. The molecule has 2 aliphatic rings. The predicted octanol–water partition coefficient (Wildman–Crippen LogP) is 4.43.